The van der Waals surface area contributed by atoms with Crippen LogP contribution in [0.4, 0.5) is 0 Å². The first-order valence-electron chi connectivity index (χ1n) is 7.89. The van der Waals surface area contributed by atoms with Crippen LogP contribution in [-0.4, -0.2) is 36.0 Å². The van der Waals surface area contributed by atoms with E-state index in [0.717, 1.165) is 24.9 Å². The van der Waals surface area contributed by atoms with Crippen molar-refractivity contribution in [3.8, 4) is 0 Å². The zero-order valence-electron chi connectivity index (χ0n) is 11.8. The molecule has 3 aliphatic rings. The summed E-state index contributed by atoms with van der Waals surface area (Å²) < 4.78 is 0. The second-order valence-corrected chi connectivity index (χ2v) is 6.60. The summed E-state index contributed by atoms with van der Waals surface area (Å²) in [5.74, 6) is 1.86. The molecule has 1 aromatic carbocycles. The highest BCUT2D eigenvalue weighted by Gasteiger charge is 2.41. The summed E-state index contributed by atoms with van der Waals surface area (Å²) in [5.41, 5.74) is 1.47. The molecule has 1 aliphatic heterocycles. The van der Waals surface area contributed by atoms with Crippen LogP contribution in [0.25, 0.3) is 0 Å². The fraction of sp³-hybridized carbons (Fsp3) is 0.588. The normalized spacial score (nSPS) is 32.7. The van der Waals surface area contributed by atoms with Gasteiger partial charge in [0, 0.05) is 25.0 Å². The zero-order valence-corrected chi connectivity index (χ0v) is 11.8. The van der Waals surface area contributed by atoms with Gasteiger partial charge in [0.05, 0.1) is 0 Å². The van der Waals surface area contributed by atoms with Gasteiger partial charge in [-0.3, -0.25) is 4.79 Å². The topological polar surface area (TPSA) is 32.3 Å². The van der Waals surface area contributed by atoms with Crippen molar-refractivity contribution in [1.29, 1.82) is 0 Å². The van der Waals surface area contributed by atoms with Gasteiger partial charge in [0.1, 0.15) is 0 Å². The lowest BCUT2D eigenvalue weighted by Crippen LogP contribution is -2.34. The second-order valence-electron chi connectivity index (χ2n) is 6.60. The Morgan fingerprint density at radius 3 is 2.75 bits per heavy atom. The third kappa shape index (κ3) is 2.47. The molecule has 0 aromatic heterocycles. The van der Waals surface area contributed by atoms with Crippen molar-refractivity contribution in [2.45, 2.75) is 43.7 Å². The number of nitrogens with zero attached hydrogens (tertiary/aromatic N) is 1. The van der Waals surface area contributed by atoms with E-state index in [1.807, 2.05) is 0 Å². The summed E-state index contributed by atoms with van der Waals surface area (Å²) in [5, 5.41) is 3.62. The van der Waals surface area contributed by atoms with Crippen LogP contribution in [0.2, 0.25) is 0 Å². The molecule has 1 aromatic rings. The number of benzene rings is 1. The number of carbonyl (C=O) groups excluding carboxylic acids is 1. The van der Waals surface area contributed by atoms with E-state index in [1.165, 1.54) is 24.8 Å². The Bertz CT molecular complexity index is 497. The molecular weight excluding hydrogens is 248 g/mol. The van der Waals surface area contributed by atoms with Gasteiger partial charge < -0.3 is 10.2 Å². The van der Waals surface area contributed by atoms with Gasteiger partial charge in [0.25, 0.3) is 0 Å². The maximum atomic E-state index is 11.9. The minimum absolute atomic E-state index is 0.361. The first kappa shape index (κ1) is 12.4. The Morgan fingerprint density at radius 2 is 2.00 bits per heavy atom. The molecule has 3 atom stereocenters. The van der Waals surface area contributed by atoms with Crippen LogP contribution in [0.1, 0.15) is 37.2 Å². The third-order valence-electron chi connectivity index (χ3n) is 4.97. The molecule has 3 nitrogen and oxygen atoms in total. The van der Waals surface area contributed by atoms with Crippen molar-refractivity contribution in [2.75, 3.05) is 13.1 Å². The quantitative estimate of drug-likeness (QED) is 0.889. The Labute approximate surface area is 120 Å². The molecule has 0 spiro atoms. The highest BCUT2D eigenvalue weighted by atomic mass is 16.2. The van der Waals surface area contributed by atoms with Crippen molar-refractivity contribution in [2.24, 2.45) is 5.92 Å². The summed E-state index contributed by atoms with van der Waals surface area (Å²) in [4.78, 5) is 14.0. The molecule has 2 saturated carbocycles. The first-order valence-corrected chi connectivity index (χ1v) is 7.89. The lowest BCUT2D eigenvalue weighted by atomic mass is 10.1. The summed E-state index contributed by atoms with van der Waals surface area (Å²) in [6, 6.07) is 11.8. The standard InChI is InChI=1S/C17H22N2O/c20-17-9-14(11-19(17)15-6-7-15)18-10-13-8-16(13)12-4-2-1-3-5-12/h1-5,13-16,18H,6-11H2/t13-,14?,16-/m0/s1. The van der Waals surface area contributed by atoms with Crippen LogP contribution >= 0.6 is 0 Å². The van der Waals surface area contributed by atoms with E-state index in [2.05, 4.69) is 40.5 Å². The molecule has 3 heteroatoms. The smallest absolute Gasteiger partial charge is 0.224 e. The number of nitrogens with one attached hydrogen (secondary N) is 1. The minimum atomic E-state index is 0.361. The summed E-state index contributed by atoms with van der Waals surface area (Å²) in [7, 11) is 0. The van der Waals surface area contributed by atoms with Crippen molar-refractivity contribution in [3.05, 3.63) is 35.9 Å². The Hall–Kier alpha value is -1.35. The molecule has 0 radical (unpaired) electrons. The number of rotatable bonds is 5. The fourth-order valence-electron chi connectivity index (χ4n) is 3.51. The largest absolute Gasteiger partial charge is 0.338 e. The van der Waals surface area contributed by atoms with Crippen LogP contribution in [0.5, 0.6) is 0 Å². The van der Waals surface area contributed by atoms with Crippen molar-refractivity contribution < 1.29 is 4.79 Å². The average molecular weight is 270 g/mol. The van der Waals surface area contributed by atoms with Gasteiger partial charge in [-0.25, -0.2) is 0 Å². The van der Waals surface area contributed by atoms with Crippen molar-refractivity contribution in [1.82, 2.24) is 10.2 Å². The maximum absolute atomic E-state index is 11.9. The van der Waals surface area contributed by atoms with E-state index in [4.69, 9.17) is 0 Å². The molecule has 3 fully saturated rings. The zero-order chi connectivity index (χ0) is 13.5. The lowest BCUT2D eigenvalue weighted by Gasteiger charge is -2.16. The van der Waals surface area contributed by atoms with Gasteiger partial charge in [-0.05, 0) is 43.2 Å². The summed E-state index contributed by atoms with van der Waals surface area (Å²) in [6.45, 7) is 2.00. The number of amides is 1. The highest BCUT2D eigenvalue weighted by Crippen LogP contribution is 2.46. The van der Waals surface area contributed by atoms with Crippen molar-refractivity contribution >= 4 is 5.91 Å². The molecule has 0 bridgehead atoms. The lowest BCUT2D eigenvalue weighted by molar-refractivity contribution is -0.128. The fourth-order valence-corrected chi connectivity index (χ4v) is 3.51. The minimum Gasteiger partial charge on any atom is -0.338 e. The molecule has 1 N–H and O–H groups in total. The molecule has 1 heterocycles. The van der Waals surface area contributed by atoms with Crippen LogP contribution in [0, 0.1) is 5.92 Å². The molecule has 20 heavy (non-hydrogen) atoms. The number of hydrogen-bond acceptors (Lipinski definition) is 2. The van der Waals surface area contributed by atoms with Crippen LogP contribution in [0.15, 0.2) is 30.3 Å². The highest BCUT2D eigenvalue weighted by molar-refractivity contribution is 5.80. The molecular formula is C17H22N2O. The molecule has 1 unspecified atom stereocenters. The number of carbonyl (C=O) groups is 1. The Kier molecular flexibility index (Phi) is 3.03. The molecule has 2 aliphatic carbocycles. The maximum Gasteiger partial charge on any atom is 0.224 e. The summed E-state index contributed by atoms with van der Waals surface area (Å²) >= 11 is 0. The van der Waals surface area contributed by atoms with Gasteiger partial charge in [0.2, 0.25) is 5.91 Å². The van der Waals surface area contributed by atoms with Gasteiger partial charge >= 0.3 is 0 Å². The van der Waals surface area contributed by atoms with Crippen LogP contribution in [-0.2, 0) is 4.79 Å². The number of likely N-dealkylation sites (tertiary alicyclic amines) is 1. The van der Waals surface area contributed by atoms with Crippen molar-refractivity contribution in [3.63, 3.8) is 0 Å². The summed E-state index contributed by atoms with van der Waals surface area (Å²) in [6.07, 6.45) is 4.44. The van der Waals surface area contributed by atoms with Gasteiger partial charge in [0.15, 0.2) is 0 Å². The van der Waals surface area contributed by atoms with Gasteiger partial charge in [-0.15, -0.1) is 0 Å². The van der Waals surface area contributed by atoms with Gasteiger partial charge in [-0.1, -0.05) is 30.3 Å². The Balaban J connectivity index is 1.25. The predicted octanol–water partition coefficient (Wildman–Crippen LogP) is 2.14. The van der Waals surface area contributed by atoms with E-state index in [0.29, 0.717) is 24.4 Å². The van der Waals surface area contributed by atoms with E-state index >= 15 is 0 Å². The SMILES string of the molecule is O=C1CC(NC[C@@H]2C[C@H]2c2ccccc2)CN1C1CC1. The van der Waals surface area contributed by atoms with E-state index in [9.17, 15) is 4.79 Å². The Morgan fingerprint density at radius 1 is 1.20 bits per heavy atom. The average Bonchev–Trinajstić information content (AvgIpc) is 3.38. The second kappa shape index (κ2) is 4.88. The molecule has 1 saturated heterocycles. The van der Waals surface area contributed by atoms with Gasteiger partial charge in [-0.2, -0.15) is 0 Å². The van der Waals surface area contributed by atoms with Crippen LogP contribution < -0.4 is 5.32 Å². The molecule has 106 valence electrons. The molecule has 1 amide bonds. The monoisotopic (exact) mass is 270 g/mol. The first-order chi connectivity index (χ1) is 9.81. The molecule has 4 rings (SSSR count). The third-order valence-corrected chi connectivity index (χ3v) is 4.97. The van der Waals surface area contributed by atoms with E-state index in [1.54, 1.807) is 0 Å². The van der Waals surface area contributed by atoms with E-state index in [-0.39, 0.29) is 0 Å². The predicted molar refractivity (Wildman–Crippen MR) is 78.4 cm³/mol. The number of hydrogen-bond donors (Lipinski definition) is 1. The van der Waals surface area contributed by atoms with E-state index < -0.39 is 0 Å². The van der Waals surface area contributed by atoms with Crippen LogP contribution in [0.3, 0.4) is 0 Å².